The Morgan fingerprint density at radius 2 is 1.79 bits per heavy atom. The first-order valence-electron chi connectivity index (χ1n) is 12.0. The van der Waals surface area contributed by atoms with Gasteiger partial charge >= 0.3 is 12.1 Å². The van der Waals surface area contributed by atoms with Gasteiger partial charge < -0.3 is 15.4 Å². The molecule has 3 aliphatic rings. The van der Waals surface area contributed by atoms with Crippen LogP contribution in [0.25, 0.3) is 0 Å². The molecule has 3 amide bonds. The second-order valence-electron chi connectivity index (χ2n) is 9.47. The first kappa shape index (κ1) is 24.5. The van der Waals surface area contributed by atoms with Gasteiger partial charge in [0.05, 0.1) is 0 Å². The maximum Gasteiger partial charge on any atom is 0.406 e. The fourth-order valence-electron chi connectivity index (χ4n) is 5.42. The van der Waals surface area contributed by atoms with E-state index in [1.165, 1.54) is 18.2 Å². The molecule has 4 rings (SSSR count). The van der Waals surface area contributed by atoms with Gasteiger partial charge in [0, 0.05) is 30.2 Å². The average Bonchev–Trinajstić information content (AvgIpc) is 3.52. The molecule has 0 aromatic heterocycles. The number of carbonyl (C=O) groups is 2. The normalized spacial score (nSPS) is 21.9. The Hall–Kier alpha value is -2.59. The highest BCUT2D eigenvalue weighted by Gasteiger charge is 2.34. The first-order chi connectivity index (χ1) is 16.2. The summed E-state index contributed by atoms with van der Waals surface area (Å²) in [5.41, 5.74) is 5.15. The number of anilines is 1. The minimum absolute atomic E-state index is 0.211. The predicted molar refractivity (Wildman–Crippen MR) is 130 cm³/mol. The number of amides is 3. The molecule has 1 atom stereocenters. The first-order valence-corrected chi connectivity index (χ1v) is 13.5. The third-order valence-corrected chi connectivity index (χ3v) is 8.15. The Morgan fingerprint density at radius 1 is 1.12 bits per heavy atom. The molecule has 0 bridgehead atoms. The van der Waals surface area contributed by atoms with Crippen LogP contribution < -0.4 is 15.4 Å². The Bertz CT molecular complexity index is 1070. The number of aryl methyl sites for hydroxylation is 2. The van der Waals surface area contributed by atoms with Gasteiger partial charge in [-0.15, -0.1) is 0 Å². The minimum atomic E-state index is -3.98. The van der Waals surface area contributed by atoms with Crippen LogP contribution in [0.5, 0.6) is 0 Å². The van der Waals surface area contributed by atoms with Crippen molar-refractivity contribution in [2.45, 2.75) is 63.8 Å². The zero-order chi connectivity index (χ0) is 24.3. The summed E-state index contributed by atoms with van der Waals surface area (Å²) < 4.78 is 32.6. The molecule has 0 spiro atoms. The van der Waals surface area contributed by atoms with Gasteiger partial charge in [0.15, 0.2) is 0 Å². The number of likely N-dealkylation sites (tertiary alicyclic amines) is 1. The molecule has 0 radical (unpaired) electrons. The number of urea groups is 1. The number of ether oxygens (including phenoxy) is 1. The van der Waals surface area contributed by atoms with E-state index in [4.69, 9.17) is 4.74 Å². The lowest BCUT2D eigenvalue weighted by molar-refractivity contribution is 0.114. The van der Waals surface area contributed by atoms with Crippen molar-refractivity contribution in [2.75, 3.05) is 32.1 Å². The predicted octanol–water partition coefficient (Wildman–Crippen LogP) is 2.84. The van der Waals surface area contributed by atoms with E-state index in [9.17, 15) is 18.0 Å². The van der Waals surface area contributed by atoms with Crippen molar-refractivity contribution in [3.8, 4) is 0 Å². The van der Waals surface area contributed by atoms with Gasteiger partial charge in [-0.2, -0.15) is 0 Å². The summed E-state index contributed by atoms with van der Waals surface area (Å²) in [5, 5.41) is 6.33. The molecule has 1 aromatic rings. The zero-order valence-electron chi connectivity index (χ0n) is 19.9. The van der Waals surface area contributed by atoms with Gasteiger partial charge in [-0.3, -0.25) is 4.90 Å². The van der Waals surface area contributed by atoms with E-state index in [-0.39, 0.29) is 6.61 Å². The number of hydrogen-bond donors (Lipinski definition) is 3. The van der Waals surface area contributed by atoms with Gasteiger partial charge in [0.1, 0.15) is 6.61 Å². The molecule has 9 nitrogen and oxygen atoms in total. The number of benzene rings is 1. The lowest BCUT2D eigenvalue weighted by Gasteiger charge is -2.32. The van der Waals surface area contributed by atoms with E-state index in [1.807, 2.05) is 6.92 Å². The number of alkyl carbamates (subject to hydrolysis) is 1. The third-order valence-electron chi connectivity index (χ3n) is 7.18. The summed E-state index contributed by atoms with van der Waals surface area (Å²) in [6, 6.07) is 1.53. The maximum absolute atomic E-state index is 12.7. The van der Waals surface area contributed by atoms with Crippen LogP contribution in [0.3, 0.4) is 0 Å². The van der Waals surface area contributed by atoms with E-state index >= 15 is 0 Å². The van der Waals surface area contributed by atoms with Crippen LogP contribution in [0.1, 0.15) is 54.9 Å². The van der Waals surface area contributed by atoms with Gasteiger partial charge in [0.25, 0.3) is 10.0 Å². The molecule has 0 unspecified atom stereocenters. The standard InChI is InChI=1S/C24H34N4O5S/c1-24(10-5-12-28(24)13-14-33-23(30)25-2)11-15-34(31,32)27-22(29)26-21-19-8-3-6-17(19)16-18-7-4-9-20(18)21/h11,15-16H,3-10,12-14H2,1-2H3,(H,25,30)(H2,26,27,29)/b15-11+/t24-/m0/s1. The monoisotopic (exact) mass is 490 g/mol. The molecule has 34 heavy (non-hydrogen) atoms. The van der Waals surface area contributed by atoms with E-state index in [2.05, 4.69) is 26.3 Å². The third kappa shape index (κ3) is 5.38. The summed E-state index contributed by atoms with van der Waals surface area (Å²) in [6.07, 6.45) is 8.72. The fraction of sp³-hybridized carbons (Fsp3) is 0.583. The van der Waals surface area contributed by atoms with E-state index in [0.29, 0.717) is 6.54 Å². The molecule has 1 saturated heterocycles. The van der Waals surface area contributed by atoms with Gasteiger partial charge in [-0.1, -0.05) is 12.1 Å². The lowest BCUT2D eigenvalue weighted by atomic mass is 9.99. The van der Waals surface area contributed by atoms with Crippen molar-refractivity contribution in [1.29, 1.82) is 0 Å². The quantitative estimate of drug-likeness (QED) is 0.541. The topological polar surface area (TPSA) is 117 Å². The number of nitrogens with one attached hydrogen (secondary N) is 3. The molecule has 1 heterocycles. The largest absolute Gasteiger partial charge is 0.448 e. The molecule has 1 aliphatic heterocycles. The van der Waals surface area contributed by atoms with Gasteiger partial charge in [-0.25, -0.2) is 22.7 Å². The Balaban J connectivity index is 1.40. The van der Waals surface area contributed by atoms with Gasteiger partial charge in [-0.05, 0) is 87.1 Å². The number of rotatable bonds is 7. The number of sulfonamides is 1. The molecular formula is C24H34N4O5S. The number of fused-ring (bicyclic) bond motifs is 2. The molecule has 1 fully saturated rings. The van der Waals surface area contributed by atoms with Crippen molar-refractivity contribution >= 4 is 27.8 Å². The summed E-state index contributed by atoms with van der Waals surface area (Å²) in [5.74, 6) is 0. The van der Waals surface area contributed by atoms with Crippen molar-refractivity contribution in [3.63, 3.8) is 0 Å². The second kappa shape index (κ2) is 9.95. The summed E-state index contributed by atoms with van der Waals surface area (Å²) in [4.78, 5) is 26.1. The highest BCUT2D eigenvalue weighted by molar-refractivity contribution is 7.92. The van der Waals surface area contributed by atoms with Gasteiger partial charge in [0.2, 0.25) is 0 Å². The van der Waals surface area contributed by atoms with Crippen molar-refractivity contribution in [1.82, 2.24) is 14.9 Å². The van der Waals surface area contributed by atoms with Crippen molar-refractivity contribution in [2.24, 2.45) is 0 Å². The van der Waals surface area contributed by atoms with Crippen LogP contribution in [0.4, 0.5) is 15.3 Å². The molecule has 10 heteroatoms. The number of nitrogens with zero attached hydrogens (tertiary/aromatic N) is 1. The molecule has 1 aromatic carbocycles. The minimum Gasteiger partial charge on any atom is -0.448 e. The van der Waals surface area contributed by atoms with Crippen LogP contribution >= 0.6 is 0 Å². The summed E-state index contributed by atoms with van der Waals surface area (Å²) in [7, 11) is -2.48. The maximum atomic E-state index is 12.7. The van der Waals surface area contributed by atoms with Crippen LogP contribution in [-0.2, 0) is 40.4 Å². The molecule has 0 saturated carbocycles. The van der Waals surface area contributed by atoms with E-state index in [0.717, 1.165) is 80.1 Å². The summed E-state index contributed by atoms with van der Waals surface area (Å²) >= 11 is 0. The average molecular weight is 491 g/mol. The smallest absolute Gasteiger partial charge is 0.406 e. The SMILES string of the molecule is CNC(=O)OCCN1CCC[C@@]1(C)/C=C/S(=O)(=O)NC(=O)Nc1c2c(cc3c1CCC3)CCC2. The van der Waals surface area contributed by atoms with Crippen molar-refractivity contribution in [3.05, 3.63) is 39.8 Å². The van der Waals surface area contributed by atoms with Crippen LogP contribution in [0.2, 0.25) is 0 Å². The fourth-order valence-corrected chi connectivity index (χ4v) is 6.27. The Kier molecular flexibility index (Phi) is 7.18. The Morgan fingerprint density at radius 3 is 2.44 bits per heavy atom. The molecule has 2 aliphatic carbocycles. The van der Waals surface area contributed by atoms with E-state index < -0.39 is 27.7 Å². The molecular weight excluding hydrogens is 456 g/mol. The highest BCUT2D eigenvalue weighted by Crippen LogP contribution is 2.38. The molecule has 3 N–H and O–H groups in total. The lowest BCUT2D eigenvalue weighted by Crippen LogP contribution is -2.42. The van der Waals surface area contributed by atoms with Crippen LogP contribution in [0, 0.1) is 0 Å². The second-order valence-corrected chi connectivity index (χ2v) is 11.0. The Labute approximate surface area is 201 Å². The highest BCUT2D eigenvalue weighted by atomic mass is 32.2. The molecule has 186 valence electrons. The van der Waals surface area contributed by atoms with Crippen LogP contribution in [0.15, 0.2) is 17.6 Å². The number of hydrogen-bond acceptors (Lipinski definition) is 6. The van der Waals surface area contributed by atoms with Crippen molar-refractivity contribution < 1.29 is 22.7 Å². The summed E-state index contributed by atoms with van der Waals surface area (Å²) in [6.45, 7) is 3.42. The van der Waals surface area contributed by atoms with E-state index in [1.54, 1.807) is 6.08 Å². The zero-order valence-corrected chi connectivity index (χ0v) is 20.7. The number of carbonyl (C=O) groups excluding carboxylic acids is 2. The van der Waals surface area contributed by atoms with Crippen LogP contribution in [-0.4, -0.2) is 57.7 Å².